The van der Waals surface area contributed by atoms with E-state index in [0.717, 1.165) is 66.6 Å². The summed E-state index contributed by atoms with van der Waals surface area (Å²) in [6.45, 7) is 13.1. The number of hydrogen-bond donors (Lipinski definition) is 4. The Morgan fingerprint density at radius 1 is 0.475 bits per heavy atom. The SMILES string of the molecule is CC1=C(C)c2nc1c1[nH]c(cc3ccc([nH]3)c(-c3ccccc3)c3ccc(cc4[nH]c2c(C)c4C)[nH]3)c(C)c1C. The molecule has 0 saturated carbocycles. The molecule has 0 saturated heterocycles. The first-order valence-electron chi connectivity index (χ1n) is 13.8. The molecule has 0 atom stereocenters. The highest BCUT2D eigenvalue weighted by molar-refractivity contribution is 6.00. The molecule has 4 N–H and O–H groups in total. The number of nitrogens with zero attached hydrogens (tertiary/aromatic N) is 1. The van der Waals surface area contributed by atoms with E-state index in [-0.39, 0.29) is 0 Å². The molecule has 1 aromatic carbocycles. The van der Waals surface area contributed by atoms with Gasteiger partial charge >= 0.3 is 0 Å². The molecule has 7 rings (SSSR count). The maximum Gasteiger partial charge on any atom is 0.0908 e. The highest BCUT2D eigenvalue weighted by Gasteiger charge is 2.20. The molecule has 0 radical (unpaired) electrons. The van der Waals surface area contributed by atoms with Gasteiger partial charge in [-0.3, -0.25) is 0 Å². The Balaban J connectivity index is 1.68. The second-order valence-electron chi connectivity index (χ2n) is 11.1. The van der Waals surface area contributed by atoms with Crippen molar-refractivity contribution in [2.75, 3.05) is 0 Å². The minimum absolute atomic E-state index is 1.02. The third-order valence-electron chi connectivity index (χ3n) is 8.79. The van der Waals surface area contributed by atoms with Crippen LogP contribution in [0, 0.1) is 27.7 Å². The highest BCUT2D eigenvalue weighted by atomic mass is 14.8. The van der Waals surface area contributed by atoms with Crippen molar-refractivity contribution in [3.8, 4) is 11.1 Å². The lowest BCUT2D eigenvalue weighted by atomic mass is 10.0. The van der Waals surface area contributed by atoms with Gasteiger partial charge < -0.3 is 19.9 Å². The van der Waals surface area contributed by atoms with E-state index in [1.807, 2.05) is 0 Å². The standard InChI is InChI=1S/C35H33N5/c1-18-20(3)32-34-22(5)23(6)35(40-34)33-21(4)19(2)30(39-33)17-26-13-15-28(37-26)31(24-10-8-7-9-11-24)27-14-12-25(36-27)16-29(18)38-32/h7-17,36-39H,1-6H3. The molecule has 40 heavy (non-hydrogen) atoms. The van der Waals surface area contributed by atoms with Crippen LogP contribution in [-0.2, 0) is 0 Å². The third kappa shape index (κ3) is 3.65. The van der Waals surface area contributed by atoms with Gasteiger partial charge in [-0.2, -0.15) is 0 Å². The van der Waals surface area contributed by atoms with Gasteiger partial charge in [-0.1, -0.05) is 30.3 Å². The quantitative estimate of drug-likeness (QED) is 0.170. The molecule has 0 amide bonds. The average molecular weight is 524 g/mol. The zero-order valence-electron chi connectivity index (χ0n) is 23.8. The van der Waals surface area contributed by atoms with Crippen molar-refractivity contribution >= 4 is 55.3 Å². The van der Waals surface area contributed by atoms with Crippen LogP contribution in [0.1, 0.15) is 47.5 Å². The van der Waals surface area contributed by atoms with Gasteiger partial charge in [-0.25, -0.2) is 4.98 Å². The fraction of sp³-hybridized carbons (Fsp3) is 0.171. The summed E-state index contributed by atoms with van der Waals surface area (Å²) in [5.41, 5.74) is 20.3. The van der Waals surface area contributed by atoms with E-state index in [1.54, 1.807) is 0 Å². The van der Waals surface area contributed by atoms with Crippen LogP contribution in [0.15, 0.2) is 66.7 Å². The number of aromatic nitrogens is 5. The predicted molar refractivity (Wildman–Crippen MR) is 169 cm³/mol. The number of aryl methyl sites for hydroxylation is 4. The minimum atomic E-state index is 1.02. The molecule has 5 nitrogen and oxygen atoms in total. The molecule has 10 bridgehead atoms. The summed E-state index contributed by atoms with van der Waals surface area (Å²) in [6, 6.07) is 23.6. The van der Waals surface area contributed by atoms with E-state index in [0.29, 0.717) is 0 Å². The maximum atomic E-state index is 5.23. The van der Waals surface area contributed by atoms with Gasteiger partial charge in [0.15, 0.2) is 0 Å². The summed E-state index contributed by atoms with van der Waals surface area (Å²) in [7, 11) is 0. The van der Waals surface area contributed by atoms with Gasteiger partial charge in [0.25, 0.3) is 0 Å². The average Bonchev–Trinajstić information content (AvgIpc) is 3.76. The van der Waals surface area contributed by atoms with Crippen molar-refractivity contribution in [3.63, 3.8) is 0 Å². The Labute approximate surface area is 233 Å². The predicted octanol–water partition coefficient (Wildman–Crippen LogP) is 9.42. The van der Waals surface area contributed by atoms with Crippen LogP contribution >= 0.6 is 0 Å². The molecular formula is C35H33N5. The lowest BCUT2D eigenvalue weighted by Crippen LogP contribution is -1.84. The molecule has 0 spiro atoms. The molecule has 0 unspecified atom stereocenters. The topological polar surface area (TPSA) is 76.0 Å². The zero-order chi connectivity index (χ0) is 27.7. The summed E-state index contributed by atoms with van der Waals surface area (Å²) in [6.07, 6.45) is 0. The Kier molecular flexibility index (Phi) is 5.39. The van der Waals surface area contributed by atoms with Crippen molar-refractivity contribution < 1.29 is 0 Å². The lowest BCUT2D eigenvalue weighted by molar-refractivity contribution is 1.28. The maximum absolute atomic E-state index is 5.23. The number of H-pyrrole nitrogens is 4. The fourth-order valence-electron chi connectivity index (χ4n) is 5.96. The molecule has 198 valence electrons. The van der Waals surface area contributed by atoms with Gasteiger partial charge in [-0.05, 0) is 117 Å². The molecule has 0 fully saturated rings. The van der Waals surface area contributed by atoms with Crippen molar-refractivity contribution in [1.29, 1.82) is 0 Å². The number of fused-ring (bicyclic) bond motifs is 12. The van der Waals surface area contributed by atoms with Crippen LogP contribution in [0.4, 0.5) is 0 Å². The van der Waals surface area contributed by atoms with Crippen LogP contribution in [-0.4, -0.2) is 24.9 Å². The number of rotatable bonds is 1. The van der Waals surface area contributed by atoms with Crippen LogP contribution in [0.2, 0.25) is 0 Å². The first-order chi connectivity index (χ1) is 19.3. The van der Waals surface area contributed by atoms with Crippen molar-refractivity contribution in [2.24, 2.45) is 0 Å². The van der Waals surface area contributed by atoms with E-state index in [4.69, 9.17) is 4.98 Å². The molecule has 0 aliphatic carbocycles. The first-order valence-corrected chi connectivity index (χ1v) is 13.8. The van der Waals surface area contributed by atoms with Crippen LogP contribution in [0.25, 0.3) is 66.4 Å². The van der Waals surface area contributed by atoms with E-state index in [2.05, 4.69) is 128 Å². The zero-order valence-corrected chi connectivity index (χ0v) is 23.8. The normalized spacial score (nSPS) is 12.7. The van der Waals surface area contributed by atoms with Crippen molar-refractivity contribution in [3.05, 3.63) is 100 Å². The highest BCUT2D eigenvalue weighted by Crippen LogP contribution is 2.37. The summed E-state index contributed by atoms with van der Waals surface area (Å²) < 4.78 is 0. The Hall–Kier alpha value is -4.77. The van der Waals surface area contributed by atoms with Gasteiger partial charge in [0.1, 0.15) is 0 Å². The minimum Gasteiger partial charge on any atom is -0.355 e. The smallest absolute Gasteiger partial charge is 0.0908 e. The Morgan fingerprint density at radius 3 is 1.43 bits per heavy atom. The van der Waals surface area contributed by atoms with Gasteiger partial charge in [0.05, 0.1) is 22.4 Å². The van der Waals surface area contributed by atoms with Gasteiger partial charge in [0.2, 0.25) is 0 Å². The molecule has 6 aromatic rings. The van der Waals surface area contributed by atoms with Crippen molar-refractivity contribution in [1.82, 2.24) is 24.9 Å². The van der Waals surface area contributed by atoms with Crippen LogP contribution in [0.3, 0.4) is 0 Å². The number of aromatic amines is 4. The van der Waals surface area contributed by atoms with Crippen molar-refractivity contribution in [2.45, 2.75) is 41.5 Å². The molecule has 1 aliphatic rings. The third-order valence-corrected chi connectivity index (χ3v) is 8.79. The largest absolute Gasteiger partial charge is 0.355 e. The van der Waals surface area contributed by atoms with E-state index in [9.17, 15) is 0 Å². The second kappa shape index (κ2) is 8.88. The monoisotopic (exact) mass is 523 g/mol. The lowest BCUT2D eigenvalue weighted by Gasteiger charge is -2.02. The molecule has 5 aromatic heterocycles. The molecule has 5 heteroatoms. The van der Waals surface area contributed by atoms with E-state index < -0.39 is 0 Å². The number of allylic oxidation sites excluding steroid dienone is 2. The van der Waals surface area contributed by atoms with Crippen LogP contribution in [0.5, 0.6) is 0 Å². The molecule has 6 heterocycles. The molecular weight excluding hydrogens is 490 g/mol. The molecule has 1 aliphatic heterocycles. The van der Waals surface area contributed by atoms with Crippen LogP contribution < -0.4 is 0 Å². The summed E-state index contributed by atoms with van der Waals surface area (Å²) >= 11 is 0. The summed E-state index contributed by atoms with van der Waals surface area (Å²) in [5, 5.41) is 0. The van der Waals surface area contributed by atoms with E-state index in [1.165, 1.54) is 33.4 Å². The second-order valence-corrected chi connectivity index (χ2v) is 11.1. The summed E-state index contributed by atoms with van der Waals surface area (Å²) in [5.74, 6) is 0. The Bertz CT molecular complexity index is 2030. The first kappa shape index (κ1) is 24.3. The Morgan fingerprint density at radius 2 is 0.950 bits per heavy atom. The van der Waals surface area contributed by atoms with Gasteiger partial charge in [0, 0.05) is 38.7 Å². The fourth-order valence-corrected chi connectivity index (χ4v) is 5.96. The van der Waals surface area contributed by atoms with Gasteiger partial charge in [-0.15, -0.1) is 0 Å². The van der Waals surface area contributed by atoms with E-state index >= 15 is 0 Å². The number of benzene rings is 1. The number of hydrogen-bond acceptors (Lipinski definition) is 1. The summed E-state index contributed by atoms with van der Waals surface area (Å²) in [4.78, 5) is 20.0. The number of nitrogens with one attached hydrogen (secondary N) is 4.